The number of H-pyrrole nitrogens is 1. The van der Waals surface area contributed by atoms with E-state index >= 15 is 0 Å². The molecule has 2 heterocycles. The standard InChI is InChI=1S/C25H40N4O2/c1-4-5-6-7-8-9-10-11-12-13-14-15-16-17-18-19-20-21-26-23-22(28(21)2)24(30)27-25(31)29(23)3/h8-9,11-12H,4-7,10,13-20H2,1-3H3,(H,27,30,31)/b9-8-,12-11-. The van der Waals surface area contributed by atoms with Crippen LogP contribution in [0.5, 0.6) is 0 Å². The van der Waals surface area contributed by atoms with Gasteiger partial charge in [0, 0.05) is 20.5 Å². The number of nitrogens with one attached hydrogen (secondary N) is 1. The van der Waals surface area contributed by atoms with E-state index in [4.69, 9.17) is 0 Å². The molecule has 0 unspecified atom stereocenters. The molecule has 0 aromatic carbocycles. The molecule has 2 aromatic rings. The smallest absolute Gasteiger partial charge is 0.325 e. The summed E-state index contributed by atoms with van der Waals surface area (Å²) in [5.74, 6) is 0.867. The molecule has 0 aliphatic rings. The maximum Gasteiger partial charge on any atom is 0.329 e. The monoisotopic (exact) mass is 428 g/mol. The second kappa shape index (κ2) is 13.8. The van der Waals surface area contributed by atoms with Crippen molar-refractivity contribution in [3.63, 3.8) is 0 Å². The third-order valence-corrected chi connectivity index (χ3v) is 5.83. The minimum Gasteiger partial charge on any atom is -0.325 e. The Morgan fingerprint density at radius 3 is 2.10 bits per heavy atom. The van der Waals surface area contributed by atoms with E-state index in [1.807, 2.05) is 11.6 Å². The number of hydrogen-bond acceptors (Lipinski definition) is 3. The maximum atomic E-state index is 12.1. The summed E-state index contributed by atoms with van der Waals surface area (Å²) in [4.78, 5) is 30.7. The fourth-order valence-electron chi connectivity index (χ4n) is 3.85. The molecule has 31 heavy (non-hydrogen) atoms. The molecule has 0 saturated carbocycles. The molecule has 0 radical (unpaired) electrons. The normalized spacial score (nSPS) is 12.1. The highest BCUT2D eigenvalue weighted by Gasteiger charge is 2.14. The number of fused-ring (bicyclic) bond motifs is 1. The van der Waals surface area contributed by atoms with Gasteiger partial charge in [-0.2, -0.15) is 0 Å². The Hall–Kier alpha value is -2.37. The van der Waals surface area contributed by atoms with Gasteiger partial charge in [-0.05, 0) is 38.5 Å². The van der Waals surface area contributed by atoms with Gasteiger partial charge in [-0.3, -0.25) is 14.3 Å². The Morgan fingerprint density at radius 1 is 0.806 bits per heavy atom. The summed E-state index contributed by atoms with van der Waals surface area (Å²) in [6.45, 7) is 2.24. The van der Waals surface area contributed by atoms with Crippen LogP contribution in [0.3, 0.4) is 0 Å². The topological polar surface area (TPSA) is 72.7 Å². The van der Waals surface area contributed by atoms with Crippen LogP contribution in [0.4, 0.5) is 0 Å². The molecular formula is C25H40N4O2. The van der Waals surface area contributed by atoms with Crippen molar-refractivity contribution < 1.29 is 0 Å². The van der Waals surface area contributed by atoms with Crippen LogP contribution in [0.15, 0.2) is 33.9 Å². The zero-order valence-corrected chi connectivity index (χ0v) is 19.7. The molecule has 2 aromatic heterocycles. The van der Waals surface area contributed by atoms with Crippen LogP contribution in [-0.4, -0.2) is 19.1 Å². The van der Waals surface area contributed by atoms with E-state index < -0.39 is 5.69 Å². The lowest BCUT2D eigenvalue weighted by Crippen LogP contribution is -2.29. The fraction of sp³-hybridized carbons (Fsp3) is 0.640. The van der Waals surface area contributed by atoms with E-state index in [1.165, 1.54) is 62.4 Å². The molecule has 6 heteroatoms. The Kier molecular flexibility index (Phi) is 11.1. The number of aryl methyl sites for hydroxylation is 3. The Labute approximate surface area is 186 Å². The van der Waals surface area contributed by atoms with E-state index in [0.29, 0.717) is 11.2 Å². The van der Waals surface area contributed by atoms with Crippen molar-refractivity contribution in [2.75, 3.05) is 0 Å². The molecule has 0 bridgehead atoms. The van der Waals surface area contributed by atoms with Crippen LogP contribution in [0.25, 0.3) is 11.2 Å². The number of hydrogen-bond donors (Lipinski definition) is 1. The van der Waals surface area contributed by atoms with Crippen molar-refractivity contribution in [1.82, 2.24) is 19.1 Å². The number of nitrogens with zero attached hydrogens (tertiary/aromatic N) is 3. The second-order valence-electron chi connectivity index (χ2n) is 8.41. The van der Waals surface area contributed by atoms with Crippen LogP contribution in [0.2, 0.25) is 0 Å². The van der Waals surface area contributed by atoms with Gasteiger partial charge < -0.3 is 4.57 Å². The van der Waals surface area contributed by atoms with Gasteiger partial charge in [-0.15, -0.1) is 0 Å². The number of imidazole rings is 1. The summed E-state index contributed by atoms with van der Waals surface area (Å²) in [5.41, 5.74) is 0.149. The van der Waals surface area contributed by atoms with Crippen molar-refractivity contribution in [1.29, 1.82) is 0 Å². The highest BCUT2D eigenvalue weighted by molar-refractivity contribution is 5.70. The van der Waals surface area contributed by atoms with E-state index in [1.54, 1.807) is 7.05 Å². The van der Waals surface area contributed by atoms with Gasteiger partial charge in [0.25, 0.3) is 5.56 Å². The first-order chi connectivity index (χ1) is 15.1. The van der Waals surface area contributed by atoms with Gasteiger partial charge in [0.2, 0.25) is 0 Å². The Morgan fingerprint density at radius 2 is 1.42 bits per heavy atom. The molecule has 172 valence electrons. The summed E-state index contributed by atoms with van der Waals surface area (Å²) >= 11 is 0. The SMILES string of the molecule is CCCCC/C=C\C/C=C\CCCCCCCCc1nc2c(c(=O)[nH]c(=O)n2C)n1C. The molecule has 6 nitrogen and oxygen atoms in total. The van der Waals surface area contributed by atoms with Gasteiger partial charge >= 0.3 is 5.69 Å². The first-order valence-corrected chi connectivity index (χ1v) is 12.0. The highest BCUT2D eigenvalue weighted by atomic mass is 16.2. The number of unbranched alkanes of at least 4 members (excludes halogenated alkanes) is 9. The van der Waals surface area contributed by atoms with Crippen LogP contribution >= 0.6 is 0 Å². The summed E-state index contributed by atoms with van der Waals surface area (Å²) in [5, 5.41) is 0. The first-order valence-electron chi connectivity index (χ1n) is 12.0. The van der Waals surface area contributed by atoms with Crippen LogP contribution in [0, 0.1) is 0 Å². The van der Waals surface area contributed by atoms with Crippen molar-refractivity contribution >= 4 is 11.2 Å². The average molecular weight is 429 g/mol. The van der Waals surface area contributed by atoms with E-state index in [9.17, 15) is 9.59 Å². The largest absolute Gasteiger partial charge is 0.329 e. The quantitative estimate of drug-likeness (QED) is 0.308. The number of allylic oxidation sites excluding steroid dienone is 4. The molecule has 0 spiro atoms. The summed E-state index contributed by atoms with van der Waals surface area (Å²) in [6, 6.07) is 0. The Balaban J connectivity index is 1.56. The molecule has 1 N–H and O–H groups in total. The van der Waals surface area contributed by atoms with Crippen molar-refractivity contribution in [2.24, 2.45) is 14.1 Å². The number of aromatic nitrogens is 4. The lowest BCUT2D eigenvalue weighted by atomic mass is 10.1. The minimum absolute atomic E-state index is 0.364. The second-order valence-corrected chi connectivity index (χ2v) is 8.41. The summed E-state index contributed by atoms with van der Waals surface area (Å²) in [7, 11) is 3.48. The van der Waals surface area contributed by atoms with Gasteiger partial charge in [0.05, 0.1) is 0 Å². The predicted octanol–water partition coefficient (Wildman–Crippen LogP) is 5.32. The van der Waals surface area contributed by atoms with Gasteiger partial charge in [0.15, 0.2) is 11.2 Å². The maximum absolute atomic E-state index is 12.1. The third-order valence-electron chi connectivity index (χ3n) is 5.83. The van der Waals surface area contributed by atoms with E-state index in [2.05, 4.69) is 41.2 Å². The molecular weight excluding hydrogens is 388 g/mol. The Bertz CT molecular complexity index is 962. The molecule has 0 aliphatic heterocycles. The summed E-state index contributed by atoms with van der Waals surface area (Å²) < 4.78 is 3.22. The van der Waals surface area contributed by atoms with Crippen LogP contribution in [0.1, 0.15) is 89.8 Å². The predicted molar refractivity (Wildman–Crippen MR) is 130 cm³/mol. The lowest BCUT2D eigenvalue weighted by Gasteiger charge is -2.02. The lowest BCUT2D eigenvalue weighted by molar-refractivity contribution is 0.587. The van der Waals surface area contributed by atoms with Crippen molar-refractivity contribution in [3.05, 3.63) is 51.0 Å². The van der Waals surface area contributed by atoms with Gasteiger partial charge in [-0.1, -0.05) is 69.8 Å². The zero-order chi connectivity index (χ0) is 22.5. The zero-order valence-electron chi connectivity index (χ0n) is 19.7. The number of aromatic amines is 1. The van der Waals surface area contributed by atoms with Crippen LogP contribution < -0.4 is 11.2 Å². The molecule has 2 rings (SSSR count). The summed E-state index contributed by atoms with van der Waals surface area (Å²) in [6.07, 6.45) is 24.7. The van der Waals surface area contributed by atoms with E-state index in [0.717, 1.165) is 31.5 Å². The minimum atomic E-state index is -0.420. The van der Waals surface area contributed by atoms with Gasteiger partial charge in [-0.25, -0.2) is 9.78 Å². The average Bonchev–Trinajstić information content (AvgIpc) is 3.08. The van der Waals surface area contributed by atoms with Gasteiger partial charge in [0.1, 0.15) is 5.82 Å². The molecule has 0 saturated heterocycles. The number of rotatable bonds is 15. The third kappa shape index (κ3) is 8.00. The van der Waals surface area contributed by atoms with Crippen molar-refractivity contribution in [2.45, 2.75) is 90.4 Å². The molecule has 0 fully saturated rings. The highest BCUT2D eigenvalue weighted by Crippen LogP contribution is 2.13. The van der Waals surface area contributed by atoms with Crippen LogP contribution in [-0.2, 0) is 20.5 Å². The molecule has 0 atom stereocenters. The molecule has 0 amide bonds. The van der Waals surface area contributed by atoms with Crippen molar-refractivity contribution in [3.8, 4) is 0 Å². The molecule has 0 aliphatic carbocycles. The van der Waals surface area contributed by atoms with E-state index in [-0.39, 0.29) is 5.56 Å². The first kappa shape index (κ1) is 24.9. The fourth-order valence-corrected chi connectivity index (χ4v) is 3.85.